The van der Waals surface area contributed by atoms with Gasteiger partial charge in [-0.3, -0.25) is 0 Å². The molecule has 0 radical (unpaired) electrons. The Hall–Kier alpha value is -4.44. The maximum absolute atomic E-state index is 2.49. The van der Waals surface area contributed by atoms with Crippen LogP contribution in [0.4, 0.5) is 17.1 Å². The molecule has 1 nitrogen and oxygen atoms in total. The Morgan fingerprint density at radius 3 is 1.64 bits per heavy atom. The van der Waals surface area contributed by atoms with E-state index in [9.17, 15) is 0 Å². The highest BCUT2D eigenvalue weighted by atomic mass is 32.1. The van der Waals surface area contributed by atoms with Crippen LogP contribution in [0.1, 0.15) is 38.8 Å². The number of para-hydroxylation sites is 1. The van der Waals surface area contributed by atoms with Crippen molar-refractivity contribution in [1.82, 2.24) is 0 Å². The fourth-order valence-electron chi connectivity index (χ4n) is 7.49. The summed E-state index contributed by atoms with van der Waals surface area (Å²) >= 11 is 3.78. The third-order valence-corrected chi connectivity index (χ3v) is 12.9. The molecule has 1 aliphatic rings. The molecule has 0 atom stereocenters. The molecule has 3 heteroatoms. The lowest BCUT2D eigenvalue weighted by Gasteiger charge is -2.48. The van der Waals surface area contributed by atoms with E-state index >= 15 is 0 Å². The van der Waals surface area contributed by atoms with Gasteiger partial charge in [-0.15, -0.1) is 22.7 Å². The zero-order valence-electron chi connectivity index (χ0n) is 25.9. The van der Waals surface area contributed by atoms with Crippen LogP contribution < -0.4 is 4.90 Å². The summed E-state index contributed by atoms with van der Waals surface area (Å²) in [6.07, 6.45) is 0. The molecule has 8 aromatic rings. The minimum atomic E-state index is -0.0917. The van der Waals surface area contributed by atoms with Crippen LogP contribution in [0.15, 0.2) is 127 Å². The van der Waals surface area contributed by atoms with Crippen LogP contribution in [0, 0.1) is 0 Å². The average Bonchev–Trinajstić information content (AvgIpc) is 3.62. The molecule has 6 aromatic carbocycles. The predicted molar refractivity (Wildman–Crippen MR) is 198 cm³/mol. The van der Waals surface area contributed by atoms with Gasteiger partial charge in [0.25, 0.3) is 0 Å². The molecule has 0 saturated carbocycles. The van der Waals surface area contributed by atoms with E-state index in [1.54, 1.807) is 0 Å². The highest BCUT2D eigenvalue weighted by Crippen LogP contribution is 2.56. The molecule has 0 unspecified atom stereocenters. The first-order chi connectivity index (χ1) is 21.8. The van der Waals surface area contributed by atoms with Crippen LogP contribution in [-0.2, 0) is 10.8 Å². The summed E-state index contributed by atoms with van der Waals surface area (Å²) in [6.45, 7) is 9.74. The second kappa shape index (κ2) is 9.53. The van der Waals surface area contributed by atoms with Crippen molar-refractivity contribution in [3.8, 4) is 11.1 Å². The number of rotatable bonds is 3. The Balaban J connectivity index is 1.28. The summed E-state index contributed by atoms with van der Waals surface area (Å²) in [5.41, 5.74) is 8.94. The predicted octanol–water partition coefficient (Wildman–Crippen LogP) is 13.1. The van der Waals surface area contributed by atoms with Crippen LogP contribution in [0.2, 0.25) is 0 Å². The molecular formula is C42H33NS2. The molecule has 0 amide bonds. The van der Waals surface area contributed by atoms with Crippen LogP contribution in [0.3, 0.4) is 0 Å². The van der Waals surface area contributed by atoms with Gasteiger partial charge in [0.05, 0.1) is 0 Å². The Labute approximate surface area is 272 Å². The van der Waals surface area contributed by atoms with Gasteiger partial charge in [-0.1, -0.05) is 88.4 Å². The molecule has 9 rings (SSSR count). The van der Waals surface area contributed by atoms with Crippen molar-refractivity contribution in [2.75, 3.05) is 4.90 Å². The minimum absolute atomic E-state index is 0.0651. The molecule has 0 bridgehead atoms. The Kier molecular flexibility index (Phi) is 5.70. The molecule has 218 valence electrons. The van der Waals surface area contributed by atoms with E-state index in [4.69, 9.17) is 0 Å². The van der Waals surface area contributed by atoms with Gasteiger partial charge in [0, 0.05) is 57.4 Å². The number of hydrogen-bond donors (Lipinski definition) is 0. The van der Waals surface area contributed by atoms with E-state index in [0.29, 0.717) is 0 Å². The van der Waals surface area contributed by atoms with Gasteiger partial charge in [-0.2, -0.15) is 0 Å². The standard InChI is InChI=1S/C42H33NS2/c1-41(2)35-23-28(18-20-29(35)32-24-34-31-15-9-11-17-38(31)45-40(34)25-36(32)42(41,3)4)43(26-12-6-5-7-13-26)27-19-21-39-33(22-27)30-14-8-10-16-37(30)44-39/h5-25H,1-4H3. The van der Waals surface area contributed by atoms with E-state index < -0.39 is 0 Å². The number of hydrogen-bond acceptors (Lipinski definition) is 3. The van der Waals surface area contributed by atoms with E-state index in [1.165, 1.54) is 74.0 Å². The number of nitrogens with zero attached hydrogens (tertiary/aromatic N) is 1. The summed E-state index contributed by atoms with van der Waals surface area (Å²) < 4.78 is 5.40. The summed E-state index contributed by atoms with van der Waals surface area (Å²) in [5, 5.41) is 5.36. The first kappa shape index (κ1) is 26.9. The molecule has 1 aliphatic carbocycles. The van der Waals surface area contributed by atoms with Crippen molar-refractivity contribution in [3.05, 3.63) is 139 Å². The molecule has 2 heterocycles. The Bertz CT molecular complexity index is 2440. The van der Waals surface area contributed by atoms with Gasteiger partial charge < -0.3 is 4.90 Å². The highest BCUT2D eigenvalue weighted by Gasteiger charge is 2.46. The molecule has 0 spiro atoms. The Morgan fingerprint density at radius 1 is 0.400 bits per heavy atom. The van der Waals surface area contributed by atoms with E-state index in [0.717, 1.165) is 5.69 Å². The van der Waals surface area contributed by atoms with Crippen molar-refractivity contribution < 1.29 is 0 Å². The third-order valence-electron chi connectivity index (χ3n) is 10.6. The van der Waals surface area contributed by atoms with Crippen molar-refractivity contribution in [2.45, 2.75) is 38.5 Å². The van der Waals surface area contributed by atoms with Crippen LogP contribution in [-0.4, -0.2) is 0 Å². The second-order valence-corrected chi connectivity index (χ2v) is 15.6. The lowest BCUT2D eigenvalue weighted by atomic mass is 9.55. The van der Waals surface area contributed by atoms with Gasteiger partial charge in [0.1, 0.15) is 0 Å². The SMILES string of the molecule is CC1(C)c2cc(N(c3ccccc3)c3ccc4sc5ccccc5c4c3)ccc2-c2cc3c(cc2C1(C)C)sc1ccccc13. The van der Waals surface area contributed by atoms with E-state index in [2.05, 4.69) is 160 Å². The zero-order chi connectivity index (χ0) is 30.5. The monoisotopic (exact) mass is 615 g/mol. The molecule has 0 aliphatic heterocycles. The fourth-order valence-corrected chi connectivity index (χ4v) is 9.70. The highest BCUT2D eigenvalue weighted by molar-refractivity contribution is 7.26. The first-order valence-corrected chi connectivity index (χ1v) is 17.3. The van der Waals surface area contributed by atoms with Gasteiger partial charge in [0.15, 0.2) is 0 Å². The van der Waals surface area contributed by atoms with Crippen LogP contribution >= 0.6 is 22.7 Å². The molecule has 45 heavy (non-hydrogen) atoms. The van der Waals surface area contributed by atoms with Gasteiger partial charge in [-0.05, 0) is 99.8 Å². The quantitative estimate of drug-likeness (QED) is 0.191. The van der Waals surface area contributed by atoms with Crippen LogP contribution in [0.25, 0.3) is 51.5 Å². The Morgan fingerprint density at radius 2 is 0.933 bits per heavy atom. The molecule has 2 aromatic heterocycles. The smallest absolute Gasteiger partial charge is 0.0468 e. The summed E-state index contributed by atoms with van der Waals surface area (Å²) in [4.78, 5) is 2.43. The minimum Gasteiger partial charge on any atom is -0.310 e. The maximum Gasteiger partial charge on any atom is 0.0468 e. The summed E-state index contributed by atoms with van der Waals surface area (Å²) in [6, 6.07) is 47.5. The number of thiophene rings is 2. The number of anilines is 3. The van der Waals surface area contributed by atoms with Crippen molar-refractivity contribution in [3.63, 3.8) is 0 Å². The fraction of sp³-hybridized carbons (Fsp3) is 0.143. The summed E-state index contributed by atoms with van der Waals surface area (Å²) in [5.74, 6) is 0. The van der Waals surface area contributed by atoms with E-state index in [-0.39, 0.29) is 10.8 Å². The number of benzene rings is 6. The van der Waals surface area contributed by atoms with Gasteiger partial charge in [0.2, 0.25) is 0 Å². The lowest BCUT2D eigenvalue weighted by Crippen LogP contribution is -2.43. The number of fused-ring (bicyclic) bond motifs is 9. The van der Waals surface area contributed by atoms with Crippen molar-refractivity contribution in [2.24, 2.45) is 0 Å². The zero-order valence-corrected chi connectivity index (χ0v) is 27.5. The topological polar surface area (TPSA) is 3.24 Å². The normalized spacial score (nSPS) is 15.0. The van der Waals surface area contributed by atoms with Crippen molar-refractivity contribution in [1.29, 1.82) is 0 Å². The van der Waals surface area contributed by atoms with Gasteiger partial charge in [-0.25, -0.2) is 0 Å². The van der Waals surface area contributed by atoms with Crippen molar-refractivity contribution >= 4 is 80.1 Å². The molecular weight excluding hydrogens is 583 g/mol. The lowest BCUT2D eigenvalue weighted by molar-refractivity contribution is 0.299. The molecule has 0 N–H and O–H groups in total. The van der Waals surface area contributed by atoms with E-state index in [1.807, 2.05) is 22.7 Å². The first-order valence-electron chi connectivity index (χ1n) is 15.7. The van der Waals surface area contributed by atoms with Crippen LogP contribution in [0.5, 0.6) is 0 Å². The van der Waals surface area contributed by atoms with Gasteiger partial charge >= 0.3 is 0 Å². The largest absolute Gasteiger partial charge is 0.310 e. The maximum atomic E-state index is 2.49. The molecule has 0 fully saturated rings. The third kappa shape index (κ3) is 3.84. The molecule has 0 saturated heterocycles. The average molecular weight is 616 g/mol. The second-order valence-electron chi connectivity index (χ2n) is 13.4. The summed E-state index contributed by atoms with van der Waals surface area (Å²) in [7, 11) is 0.